The molecule has 25 heavy (non-hydrogen) atoms. The van der Waals surface area contributed by atoms with E-state index in [1.54, 1.807) is 0 Å². The van der Waals surface area contributed by atoms with E-state index in [-0.39, 0.29) is 11.9 Å². The van der Waals surface area contributed by atoms with Crippen LogP contribution in [0.3, 0.4) is 0 Å². The van der Waals surface area contributed by atoms with Crippen molar-refractivity contribution in [2.45, 2.75) is 64.3 Å². The molecule has 1 aliphatic heterocycles. The smallest absolute Gasteiger partial charge is 0.255 e. The quantitative estimate of drug-likeness (QED) is 0.923. The Labute approximate surface area is 148 Å². The van der Waals surface area contributed by atoms with Crippen LogP contribution in [0.25, 0.3) is 11.1 Å². The Bertz CT molecular complexity index is 758. The lowest BCUT2D eigenvalue weighted by Crippen LogP contribution is -2.36. The fourth-order valence-electron chi connectivity index (χ4n) is 4.15. The Kier molecular flexibility index (Phi) is 4.59. The van der Waals surface area contributed by atoms with Gasteiger partial charge < -0.3 is 14.6 Å². The van der Waals surface area contributed by atoms with Gasteiger partial charge in [0.2, 0.25) is 5.71 Å². The summed E-state index contributed by atoms with van der Waals surface area (Å²) in [6.07, 6.45) is 10.9. The number of nitrogens with one attached hydrogen (secondary N) is 1. The minimum atomic E-state index is -0.0452. The van der Waals surface area contributed by atoms with Crippen molar-refractivity contribution < 1.29 is 9.21 Å². The summed E-state index contributed by atoms with van der Waals surface area (Å²) in [6.45, 7) is 3.79. The average Bonchev–Trinajstić information content (AvgIpc) is 2.99. The molecule has 3 heterocycles. The van der Waals surface area contributed by atoms with Gasteiger partial charge in [-0.25, -0.2) is 9.97 Å². The van der Waals surface area contributed by atoms with Crippen LogP contribution in [-0.2, 0) is 0 Å². The van der Waals surface area contributed by atoms with Gasteiger partial charge in [0.1, 0.15) is 17.9 Å². The zero-order chi connectivity index (χ0) is 17.2. The minimum absolute atomic E-state index is 0.0452. The Hall–Kier alpha value is -2.11. The molecule has 4 rings (SSSR count). The third kappa shape index (κ3) is 3.22. The number of amides is 1. The monoisotopic (exact) mass is 342 g/mol. The van der Waals surface area contributed by atoms with Crippen molar-refractivity contribution in [1.82, 2.24) is 15.3 Å². The van der Waals surface area contributed by atoms with Gasteiger partial charge >= 0.3 is 0 Å². The number of carbonyl (C=O) groups excluding carboxylic acids is 1. The van der Waals surface area contributed by atoms with Gasteiger partial charge in [0.25, 0.3) is 5.91 Å². The summed E-state index contributed by atoms with van der Waals surface area (Å²) in [4.78, 5) is 24.0. The minimum Gasteiger partial charge on any atom is -0.442 e. The first kappa shape index (κ1) is 16.4. The number of piperidine rings is 1. The standard InChI is InChI=1S/C19H26N4O2/c1-13-15(18(24)22-14-8-4-2-5-9-14)16-17(20-12-21-19(16)25-13)23-10-6-3-7-11-23/h12,14H,2-11H2,1H3,(H,22,24). The van der Waals surface area contributed by atoms with Gasteiger partial charge in [-0.05, 0) is 39.0 Å². The molecular weight excluding hydrogens is 316 g/mol. The second-order valence-corrected chi connectivity index (χ2v) is 7.27. The van der Waals surface area contributed by atoms with Crippen molar-refractivity contribution in [3.05, 3.63) is 17.7 Å². The van der Waals surface area contributed by atoms with Crippen LogP contribution in [-0.4, -0.2) is 35.0 Å². The fraction of sp³-hybridized carbons (Fsp3) is 0.632. The second kappa shape index (κ2) is 7.02. The summed E-state index contributed by atoms with van der Waals surface area (Å²) in [7, 11) is 0. The summed E-state index contributed by atoms with van der Waals surface area (Å²) < 4.78 is 5.80. The summed E-state index contributed by atoms with van der Waals surface area (Å²) in [6, 6.07) is 0.272. The SMILES string of the molecule is Cc1oc2ncnc(N3CCCCC3)c2c1C(=O)NC1CCCCC1. The van der Waals surface area contributed by atoms with E-state index in [2.05, 4.69) is 20.2 Å². The lowest BCUT2D eigenvalue weighted by Gasteiger charge is -2.28. The van der Waals surface area contributed by atoms with E-state index in [1.165, 1.54) is 32.0 Å². The van der Waals surface area contributed by atoms with E-state index in [0.717, 1.165) is 50.0 Å². The zero-order valence-corrected chi connectivity index (χ0v) is 14.9. The van der Waals surface area contributed by atoms with Crippen LogP contribution in [0.5, 0.6) is 0 Å². The first-order valence-corrected chi connectivity index (χ1v) is 9.54. The molecule has 0 spiro atoms. The first-order valence-electron chi connectivity index (χ1n) is 9.54. The normalized spacial score (nSPS) is 19.3. The molecule has 2 aromatic rings. The predicted molar refractivity (Wildman–Crippen MR) is 96.9 cm³/mol. The van der Waals surface area contributed by atoms with Gasteiger partial charge in [-0.15, -0.1) is 0 Å². The van der Waals surface area contributed by atoms with Crippen LogP contribution < -0.4 is 10.2 Å². The Morgan fingerprint density at radius 2 is 1.84 bits per heavy atom. The number of furan rings is 1. The number of nitrogens with zero attached hydrogens (tertiary/aromatic N) is 3. The summed E-state index contributed by atoms with van der Waals surface area (Å²) >= 11 is 0. The maximum atomic E-state index is 13.0. The number of anilines is 1. The molecule has 6 heteroatoms. The van der Waals surface area contributed by atoms with Gasteiger partial charge in [0.15, 0.2) is 0 Å². The van der Waals surface area contributed by atoms with Gasteiger partial charge in [-0.2, -0.15) is 0 Å². The molecule has 1 saturated heterocycles. The molecule has 0 unspecified atom stereocenters. The van der Waals surface area contributed by atoms with Crippen LogP contribution in [0.1, 0.15) is 67.5 Å². The van der Waals surface area contributed by atoms with Gasteiger partial charge in [0, 0.05) is 19.1 Å². The molecule has 1 amide bonds. The molecule has 2 aliphatic rings. The van der Waals surface area contributed by atoms with Crippen molar-refractivity contribution in [1.29, 1.82) is 0 Å². The number of hydrogen-bond acceptors (Lipinski definition) is 5. The lowest BCUT2D eigenvalue weighted by molar-refractivity contribution is 0.0927. The van der Waals surface area contributed by atoms with Crippen LogP contribution in [0.4, 0.5) is 5.82 Å². The molecule has 134 valence electrons. The zero-order valence-electron chi connectivity index (χ0n) is 14.9. The Morgan fingerprint density at radius 3 is 2.60 bits per heavy atom. The third-order valence-electron chi connectivity index (χ3n) is 5.47. The molecule has 0 bridgehead atoms. The van der Waals surface area contributed by atoms with E-state index in [0.29, 0.717) is 17.0 Å². The van der Waals surface area contributed by atoms with Crippen LogP contribution in [0.2, 0.25) is 0 Å². The predicted octanol–water partition coefficient (Wildman–Crippen LogP) is 3.58. The Balaban J connectivity index is 1.69. The van der Waals surface area contributed by atoms with Gasteiger partial charge in [0.05, 0.1) is 10.9 Å². The second-order valence-electron chi connectivity index (χ2n) is 7.27. The molecule has 6 nitrogen and oxygen atoms in total. The molecule has 0 atom stereocenters. The van der Waals surface area contributed by atoms with E-state index >= 15 is 0 Å². The lowest BCUT2D eigenvalue weighted by atomic mass is 9.95. The highest BCUT2D eigenvalue weighted by Crippen LogP contribution is 2.32. The Morgan fingerprint density at radius 1 is 1.12 bits per heavy atom. The number of fused-ring (bicyclic) bond motifs is 1. The van der Waals surface area contributed by atoms with Crippen molar-refractivity contribution in [2.75, 3.05) is 18.0 Å². The van der Waals surface area contributed by atoms with Gasteiger partial charge in [-0.1, -0.05) is 19.3 Å². The first-order chi connectivity index (χ1) is 12.2. The maximum Gasteiger partial charge on any atom is 0.255 e. The van der Waals surface area contributed by atoms with Crippen molar-refractivity contribution in [2.24, 2.45) is 0 Å². The van der Waals surface area contributed by atoms with Crippen LogP contribution >= 0.6 is 0 Å². The van der Waals surface area contributed by atoms with E-state index < -0.39 is 0 Å². The number of aromatic nitrogens is 2. The highest BCUT2D eigenvalue weighted by Gasteiger charge is 2.27. The van der Waals surface area contributed by atoms with Gasteiger partial charge in [-0.3, -0.25) is 4.79 Å². The number of rotatable bonds is 3. The van der Waals surface area contributed by atoms with Crippen LogP contribution in [0.15, 0.2) is 10.7 Å². The third-order valence-corrected chi connectivity index (χ3v) is 5.47. The number of carbonyl (C=O) groups is 1. The summed E-state index contributed by atoms with van der Waals surface area (Å²) in [5.41, 5.74) is 1.13. The van der Waals surface area contributed by atoms with Crippen molar-refractivity contribution in [3.8, 4) is 0 Å². The number of aryl methyl sites for hydroxylation is 1. The molecule has 2 aromatic heterocycles. The largest absolute Gasteiger partial charge is 0.442 e. The topological polar surface area (TPSA) is 71.3 Å². The van der Waals surface area contributed by atoms with E-state index in [4.69, 9.17) is 4.42 Å². The average molecular weight is 342 g/mol. The molecule has 1 saturated carbocycles. The van der Waals surface area contributed by atoms with Crippen molar-refractivity contribution >= 4 is 22.8 Å². The highest BCUT2D eigenvalue weighted by atomic mass is 16.3. The molecule has 0 aromatic carbocycles. The van der Waals surface area contributed by atoms with Crippen molar-refractivity contribution in [3.63, 3.8) is 0 Å². The fourth-order valence-corrected chi connectivity index (χ4v) is 4.15. The molecule has 1 N–H and O–H groups in total. The highest BCUT2D eigenvalue weighted by molar-refractivity contribution is 6.10. The summed E-state index contributed by atoms with van der Waals surface area (Å²) in [5.74, 6) is 1.42. The van der Waals surface area contributed by atoms with E-state index in [1.807, 2.05) is 6.92 Å². The number of hydrogen-bond donors (Lipinski definition) is 1. The molecule has 1 aliphatic carbocycles. The molecular formula is C19H26N4O2. The van der Waals surface area contributed by atoms with E-state index in [9.17, 15) is 4.79 Å². The molecule has 0 radical (unpaired) electrons. The molecule has 2 fully saturated rings. The maximum absolute atomic E-state index is 13.0. The van der Waals surface area contributed by atoms with Crippen LogP contribution in [0, 0.1) is 6.92 Å². The summed E-state index contributed by atoms with van der Waals surface area (Å²) in [5, 5.41) is 3.98.